The van der Waals surface area contributed by atoms with Crippen molar-refractivity contribution in [1.29, 1.82) is 0 Å². The standard InChI is InChI=1S/C15H21BrN2O2/c1-15(2,3)13-10-17(7-8-18(13)14(19)20)12-6-4-5-11(16)9-12/h4-6,9,13H,7-8,10H2,1-3H3,(H,19,20). The average Bonchev–Trinajstić information content (AvgIpc) is 2.37. The minimum atomic E-state index is -0.821. The van der Waals surface area contributed by atoms with Crippen molar-refractivity contribution < 1.29 is 9.90 Å². The highest BCUT2D eigenvalue weighted by Crippen LogP contribution is 2.30. The van der Waals surface area contributed by atoms with Crippen molar-refractivity contribution in [3.05, 3.63) is 28.7 Å². The van der Waals surface area contributed by atoms with Crippen LogP contribution in [0.15, 0.2) is 28.7 Å². The maximum atomic E-state index is 11.4. The molecule has 1 fully saturated rings. The molecule has 1 saturated heterocycles. The number of carboxylic acid groups (broad SMARTS) is 1. The summed E-state index contributed by atoms with van der Waals surface area (Å²) in [6.07, 6.45) is -0.821. The third kappa shape index (κ3) is 3.26. The first-order chi connectivity index (χ1) is 9.29. The number of nitrogens with zero attached hydrogens (tertiary/aromatic N) is 2. The summed E-state index contributed by atoms with van der Waals surface area (Å²) >= 11 is 3.49. The van der Waals surface area contributed by atoms with Crippen molar-refractivity contribution >= 4 is 27.7 Å². The van der Waals surface area contributed by atoms with Crippen LogP contribution in [0.3, 0.4) is 0 Å². The number of rotatable bonds is 1. The van der Waals surface area contributed by atoms with Gasteiger partial charge >= 0.3 is 6.09 Å². The minimum Gasteiger partial charge on any atom is -0.465 e. The van der Waals surface area contributed by atoms with Gasteiger partial charge in [0, 0.05) is 29.8 Å². The second-order valence-electron chi connectivity index (χ2n) is 6.28. The second-order valence-corrected chi connectivity index (χ2v) is 7.20. The molecule has 5 heteroatoms. The summed E-state index contributed by atoms with van der Waals surface area (Å²) in [6, 6.07) is 8.15. The first-order valence-corrected chi connectivity index (χ1v) is 7.58. The molecule has 1 aromatic rings. The molecule has 4 nitrogen and oxygen atoms in total. The van der Waals surface area contributed by atoms with Gasteiger partial charge in [0.2, 0.25) is 0 Å². The quantitative estimate of drug-likeness (QED) is 0.848. The molecule has 1 amide bonds. The van der Waals surface area contributed by atoms with E-state index in [2.05, 4.69) is 53.7 Å². The van der Waals surface area contributed by atoms with Crippen LogP contribution in [0.4, 0.5) is 10.5 Å². The van der Waals surface area contributed by atoms with Crippen LogP contribution in [-0.4, -0.2) is 41.8 Å². The number of piperazine rings is 1. The average molecular weight is 341 g/mol. The largest absolute Gasteiger partial charge is 0.465 e. The Morgan fingerprint density at radius 1 is 1.35 bits per heavy atom. The molecule has 0 radical (unpaired) electrons. The van der Waals surface area contributed by atoms with Crippen LogP contribution < -0.4 is 4.90 Å². The highest BCUT2D eigenvalue weighted by molar-refractivity contribution is 9.10. The van der Waals surface area contributed by atoms with E-state index in [9.17, 15) is 9.90 Å². The predicted octanol–water partition coefficient (Wildman–Crippen LogP) is 3.66. The fourth-order valence-electron chi connectivity index (χ4n) is 2.66. The van der Waals surface area contributed by atoms with Crippen LogP contribution in [0.1, 0.15) is 20.8 Å². The van der Waals surface area contributed by atoms with Crippen LogP contribution in [0, 0.1) is 5.41 Å². The third-order valence-corrected chi connectivity index (χ3v) is 4.29. The summed E-state index contributed by atoms with van der Waals surface area (Å²) < 4.78 is 1.04. The van der Waals surface area contributed by atoms with Gasteiger partial charge in [-0.1, -0.05) is 42.8 Å². The highest BCUT2D eigenvalue weighted by atomic mass is 79.9. The van der Waals surface area contributed by atoms with Gasteiger partial charge in [-0.25, -0.2) is 4.79 Å². The molecule has 0 aliphatic carbocycles. The Morgan fingerprint density at radius 2 is 2.05 bits per heavy atom. The van der Waals surface area contributed by atoms with E-state index in [1.54, 1.807) is 4.90 Å². The van der Waals surface area contributed by atoms with E-state index in [0.717, 1.165) is 23.2 Å². The summed E-state index contributed by atoms with van der Waals surface area (Å²) in [5.41, 5.74) is 1.06. The Hall–Kier alpha value is -1.23. The molecule has 1 aromatic carbocycles. The van der Waals surface area contributed by atoms with Crippen molar-refractivity contribution in [3.8, 4) is 0 Å². The summed E-state index contributed by atoms with van der Waals surface area (Å²) in [5, 5.41) is 9.37. The minimum absolute atomic E-state index is 0.00673. The van der Waals surface area contributed by atoms with Gasteiger partial charge in [-0.05, 0) is 23.6 Å². The molecule has 1 atom stereocenters. The fourth-order valence-corrected chi connectivity index (χ4v) is 3.05. The number of carbonyl (C=O) groups is 1. The molecule has 1 heterocycles. The van der Waals surface area contributed by atoms with Gasteiger partial charge in [-0.15, -0.1) is 0 Å². The van der Waals surface area contributed by atoms with Gasteiger partial charge in [0.1, 0.15) is 0 Å². The fraction of sp³-hybridized carbons (Fsp3) is 0.533. The van der Waals surface area contributed by atoms with Crippen molar-refractivity contribution in [2.75, 3.05) is 24.5 Å². The lowest BCUT2D eigenvalue weighted by Gasteiger charge is -2.46. The zero-order chi connectivity index (χ0) is 14.9. The van der Waals surface area contributed by atoms with Crippen molar-refractivity contribution in [2.45, 2.75) is 26.8 Å². The molecule has 0 aromatic heterocycles. The number of benzene rings is 1. The zero-order valence-corrected chi connectivity index (χ0v) is 13.7. The van der Waals surface area contributed by atoms with Gasteiger partial charge < -0.3 is 14.9 Å². The van der Waals surface area contributed by atoms with Crippen LogP contribution in [0.5, 0.6) is 0 Å². The molecule has 0 saturated carbocycles. The van der Waals surface area contributed by atoms with Crippen molar-refractivity contribution in [3.63, 3.8) is 0 Å². The van der Waals surface area contributed by atoms with Crippen LogP contribution in [-0.2, 0) is 0 Å². The maximum Gasteiger partial charge on any atom is 0.407 e. The maximum absolute atomic E-state index is 11.4. The second kappa shape index (κ2) is 5.64. The SMILES string of the molecule is CC(C)(C)C1CN(c2cccc(Br)c2)CCN1C(=O)O. The Kier molecular flexibility index (Phi) is 4.28. The van der Waals surface area contributed by atoms with E-state index in [1.807, 2.05) is 12.1 Å². The number of anilines is 1. The smallest absolute Gasteiger partial charge is 0.407 e. The number of halogens is 1. The van der Waals surface area contributed by atoms with Gasteiger partial charge in [-0.3, -0.25) is 0 Å². The number of amides is 1. The molecule has 2 rings (SSSR count). The van der Waals surface area contributed by atoms with E-state index >= 15 is 0 Å². The summed E-state index contributed by atoms with van der Waals surface area (Å²) in [4.78, 5) is 15.3. The third-order valence-electron chi connectivity index (χ3n) is 3.80. The Morgan fingerprint density at radius 3 is 2.60 bits per heavy atom. The predicted molar refractivity (Wildman–Crippen MR) is 84.3 cm³/mol. The summed E-state index contributed by atoms with van der Waals surface area (Å²) in [7, 11) is 0. The highest BCUT2D eigenvalue weighted by Gasteiger charge is 2.38. The van der Waals surface area contributed by atoms with Crippen LogP contribution in [0.25, 0.3) is 0 Å². The Bertz CT molecular complexity index is 499. The molecule has 1 aliphatic heterocycles. The van der Waals surface area contributed by atoms with E-state index in [0.29, 0.717) is 6.54 Å². The molecule has 20 heavy (non-hydrogen) atoms. The van der Waals surface area contributed by atoms with Crippen molar-refractivity contribution in [2.24, 2.45) is 5.41 Å². The molecule has 110 valence electrons. The lowest BCUT2D eigenvalue weighted by molar-refractivity contribution is 0.0748. The first-order valence-electron chi connectivity index (χ1n) is 6.79. The lowest BCUT2D eigenvalue weighted by Crippen LogP contribution is -2.59. The molecule has 1 aliphatic rings. The lowest BCUT2D eigenvalue weighted by atomic mass is 9.84. The zero-order valence-electron chi connectivity index (χ0n) is 12.1. The van der Waals surface area contributed by atoms with E-state index in [1.165, 1.54) is 0 Å². The summed E-state index contributed by atoms with van der Waals surface area (Å²) in [6.45, 7) is 8.29. The van der Waals surface area contributed by atoms with E-state index in [4.69, 9.17) is 0 Å². The molecular weight excluding hydrogens is 320 g/mol. The number of hydrogen-bond donors (Lipinski definition) is 1. The number of hydrogen-bond acceptors (Lipinski definition) is 2. The molecule has 0 spiro atoms. The monoisotopic (exact) mass is 340 g/mol. The molecule has 1 unspecified atom stereocenters. The van der Waals surface area contributed by atoms with Gasteiger partial charge in [0.25, 0.3) is 0 Å². The van der Waals surface area contributed by atoms with Gasteiger partial charge in [0.05, 0.1) is 6.04 Å². The molecule has 0 bridgehead atoms. The first kappa shape index (κ1) is 15.2. The van der Waals surface area contributed by atoms with E-state index in [-0.39, 0.29) is 11.5 Å². The Labute approximate surface area is 128 Å². The van der Waals surface area contributed by atoms with Crippen LogP contribution >= 0.6 is 15.9 Å². The Balaban J connectivity index is 2.23. The van der Waals surface area contributed by atoms with Crippen LogP contribution in [0.2, 0.25) is 0 Å². The van der Waals surface area contributed by atoms with Crippen molar-refractivity contribution in [1.82, 2.24) is 4.90 Å². The molecular formula is C15H21BrN2O2. The summed E-state index contributed by atoms with van der Waals surface area (Å²) in [5.74, 6) is 0. The topological polar surface area (TPSA) is 43.8 Å². The van der Waals surface area contributed by atoms with Gasteiger partial charge in [0.15, 0.2) is 0 Å². The van der Waals surface area contributed by atoms with Gasteiger partial charge in [-0.2, -0.15) is 0 Å². The van der Waals surface area contributed by atoms with E-state index < -0.39 is 6.09 Å². The normalized spacial score (nSPS) is 20.1. The molecule has 1 N–H and O–H groups in total.